The molecule has 0 aromatic carbocycles. The number of nitrogens with one attached hydrogen (secondary N) is 1. The van der Waals surface area contributed by atoms with E-state index in [4.69, 9.17) is 4.74 Å². The van der Waals surface area contributed by atoms with E-state index in [1.165, 1.54) is 0 Å². The lowest BCUT2D eigenvalue weighted by atomic mass is 10.3. The Morgan fingerprint density at radius 1 is 1.62 bits per heavy atom. The fourth-order valence-electron chi connectivity index (χ4n) is 1.28. The van der Waals surface area contributed by atoms with Crippen molar-refractivity contribution < 1.29 is 9.53 Å². The van der Waals surface area contributed by atoms with Gasteiger partial charge in [0.05, 0.1) is 23.7 Å². The molecule has 66 valence electrons. The minimum atomic E-state index is 0.529. The summed E-state index contributed by atoms with van der Waals surface area (Å²) in [5.74, 6) is 0.529. The Morgan fingerprint density at radius 3 is 3.15 bits per heavy atom. The van der Waals surface area contributed by atoms with Crippen molar-refractivity contribution in [2.75, 3.05) is 7.11 Å². The molecule has 0 saturated heterocycles. The Labute approximate surface area is 74.5 Å². The summed E-state index contributed by atoms with van der Waals surface area (Å²) < 4.78 is 5.04. The fraction of sp³-hybridized carbons (Fsp3) is 0.111. The number of hydrogen-bond donors (Lipinski definition) is 1. The highest BCUT2D eigenvalue weighted by Gasteiger charge is 2.05. The molecule has 2 heterocycles. The van der Waals surface area contributed by atoms with Gasteiger partial charge in [0.2, 0.25) is 5.88 Å². The average molecular weight is 176 g/mol. The molecular weight excluding hydrogens is 168 g/mol. The van der Waals surface area contributed by atoms with Crippen molar-refractivity contribution in [2.24, 2.45) is 0 Å². The number of fused-ring (bicyclic) bond motifs is 1. The maximum absolute atomic E-state index is 10.5. The minimum absolute atomic E-state index is 0.529. The van der Waals surface area contributed by atoms with Crippen LogP contribution in [0.3, 0.4) is 0 Å². The molecule has 4 heteroatoms. The van der Waals surface area contributed by atoms with E-state index in [-0.39, 0.29) is 0 Å². The second-order valence-electron chi connectivity index (χ2n) is 2.62. The molecule has 0 aliphatic rings. The Morgan fingerprint density at radius 2 is 2.46 bits per heavy atom. The van der Waals surface area contributed by atoms with Crippen LogP contribution in [0, 0.1) is 0 Å². The number of aldehydes is 1. The number of aromatic amines is 1. The lowest BCUT2D eigenvalue weighted by molar-refractivity contribution is 0.112. The third-order valence-corrected chi connectivity index (χ3v) is 1.85. The van der Waals surface area contributed by atoms with Crippen LogP contribution in [0.2, 0.25) is 0 Å². The van der Waals surface area contributed by atoms with Crippen LogP contribution < -0.4 is 4.74 Å². The Hall–Kier alpha value is -1.84. The maximum atomic E-state index is 10.5. The smallest absolute Gasteiger partial charge is 0.222 e. The van der Waals surface area contributed by atoms with Crippen molar-refractivity contribution in [3.63, 3.8) is 0 Å². The number of nitrogens with zero attached hydrogens (tertiary/aromatic N) is 1. The summed E-state index contributed by atoms with van der Waals surface area (Å²) in [6.45, 7) is 0. The SMILES string of the molecule is COc1nccc2[nH]c(C=O)cc12. The minimum Gasteiger partial charge on any atom is -0.481 e. The standard InChI is InChI=1S/C9H8N2O2/c1-13-9-7-4-6(5-12)11-8(7)2-3-10-9/h2-5,11H,1H3. The predicted octanol–water partition coefficient (Wildman–Crippen LogP) is 1.38. The molecule has 0 radical (unpaired) electrons. The Kier molecular flexibility index (Phi) is 1.73. The largest absolute Gasteiger partial charge is 0.481 e. The van der Waals surface area contributed by atoms with Crippen LogP contribution in [0.5, 0.6) is 5.88 Å². The third-order valence-electron chi connectivity index (χ3n) is 1.85. The van der Waals surface area contributed by atoms with Crippen molar-refractivity contribution in [2.45, 2.75) is 0 Å². The van der Waals surface area contributed by atoms with Gasteiger partial charge in [-0.15, -0.1) is 0 Å². The summed E-state index contributed by atoms with van der Waals surface area (Å²) in [5, 5.41) is 0.826. The number of aromatic nitrogens is 2. The fourth-order valence-corrected chi connectivity index (χ4v) is 1.28. The summed E-state index contributed by atoms with van der Waals surface area (Å²) >= 11 is 0. The zero-order valence-corrected chi connectivity index (χ0v) is 7.07. The van der Waals surface area contributed by atoms with Gasteiger partial charge in [0.1, 0.15) is 0 Å². The zero-order valence-electron chi connectivity index (χ0n) is 7.07. The van der Waals surface area contributed by atoms with Gasteiger partial charge in [-0.25, -0.2) is 4.98 Å². The highest BCUT2D eigenvalue weighted by molar-refractivity contribution is 5.90. The van der Waals surface area contributed by atoms with E-state index >= 15 is 0 Å². The van der Waals surface area contributed by atoms with E-state index in [1.54, 1.807) is 25.4 Å². The van der Waals surface area contributed by atoms with Gasteiger partial charge in [0, 0.05) is 6.20 Å². The van der Waals surface area contributed by atoms with E-state index in [0.717, 1.165) is 17.2 Å². The molecule has 0 bridgehead atoms. The molecule has 13 heavy (non-hydrogen) atoms. The van der Waals surface area contributed by atoms with E-state index in [0.29, 0.717) is 11.6 Å². The quantitative estimate of drug-likeness (QED) is 0.703. The van der Waals surface area contributed by atoms with Gasteiger partial charge in [-0.1, -0.05) is 0 Å². The number of methoxy groups -OCH3 is 1. The third kappa shape index (κ3) is 1.16. The molecule has 2 aromatic heterocycles. The van der Waals surface area contributed by atoms with Crippen LogP contribution in [0.25, 0.3) is 10.9 Å². The highest BCUT2D eigenvalue weighted by Crippen LogP contribution is 2.22. The number of carbonyl (C=O) groups is 1. The van der Waals surface area contributed by atoms with E-state index in [2.05, 4.69) is 9.97 Å². The summed E-state index contributed by atoms with van der Waals surface area (Å²) in [6, 6.07) is 3.51. The first-order valence-corrected chi connectivity index (χ1v) is 3.82. The van der Waals surface area contributed by atoms with Gasteiger partial charge in [0.25, 0.3) is 0 Å². The first-order valence-electron chi connectivity index (χ1n) is 3.82. The van der Waals surface area contributed by atoms with Gasteiger partial charge in [-0.3, -0.25) is 4.79 Å². The number of ether oxygens (including phenoxy) is 1. The number of hydrogen-bond acceptors (Lipinski definition) is 3. The molecule has 0 spiro atoms. The summed E-state index contributed by atoms with van der Waals surface area (Å²) in [5.41, 5.74) is 1.38. The summed E-state index contributed by atoms with van der Waals surface area (Å²) in [4.78, 5) is 17.4. The average Bonchev–Trinajstić information content (AvgIpc) is 2.59. The van der Waals surface area contributed by atoms with Crippen LogP contribution in [0.4, 0.5) is 0 Å². The van der Waals surface area contributed by atoms with Gasteiger partial charge in [0.15, 0.2) is 6.29 Å². The first-order chi connectivity index (χ1) is 6.35. The molecule has 0 atom stereocenters. The first kappa shape index (κ1) is 7.79. The molecule has 0 saturated carbocycles. The molecule has 2 aromatic rings. The van der Waals surface area contributed by atoms with Crippen molar-refractivity contribution in [1.29, 1.82) is 0 Å². The lowest BCUT2D eigenvalue weighted by Crippen LogP contribution is -1.86. The highest BCUT2D eigenvalue weighted by atomic mass is 16.5. The number of rotatable bonds is 2. The number of pyridine rings is 1. The van der Waals surface area contributed by atoms with Gasteiger partial charge in [-0.05, 0) is 12.1 Å². The molecule has 0 amide bonds. The normalized spacial score (nSPS) is 10.2. The number of H-pyrrole nitrogens is 1. The second kappa shape index (κ2) is 2.90. The van der Waals surface area contributed by atoms with E-state index in [9.17, 15) is 4.79 Å². The monoisotopic (exact) mass is 176 g/mol. The molecule has 0 aliphatic carbocycles. The second-order valence-corrected chi connectivity index (χ2v) is 2.62. The van der Waals surface area contributed by atoms with Crippen molar-refractivity contribution >= 4 is 17.2 Å². The van der Waals surface area contributed by atoms with Crippen LogP contribution >= 0.6 is 0 Å². The molecule has 4 nitrogen and oxygen atoms in total. The zero-order chi connectivity index (χ0) is 9.26. The van der Waals surface area contributed by atoms with Crippen LogP contribution in [0.15, 0.2) is 18.3 Å². The molecule has 0 fully saturated rings. The van der Waals surface area contributed by atoms with Gasteiger partial charge in [-0.2, -0.15) is 0 Å². The molecule has 1 N–H and O–H groups in total. The lowest BCUT2D eigenvalue weighted by Gasteiger charge is -1.97. The van der Waals surface area contributed by atoms with Crippen LogP contribution in [-0.4, -0.2) is 23.4 Å². The van der Waals surface area contributed by atoms with Crippen LogP contribution in [0.1, 0.15) is 10.5 Å². The summed E-state index contributed by atoms with van der Waals surface area (Å²) in [6.07, 6.45) is 2.39. The summed E-state index contributed by atoms with van der Waals surface area (Å²) in [7, 11) is 1.55. The van der Waals surface area contributed by atoms with E-state index < -0.39 is 0 Å². The molecule has 0 unspecified atom stereocenters. The Balaban J connectivity index is 2.74. The molecule has 2 rings (SSSR count). The van der Waals surface area contributed by atoms with Crippen molar-refractivity contribution in [3.05, 3.63) is 24.0 Å². The van der Waals surface area contributed by atoms with Crippen LogP contribution in [-0.2, 0) is 0 Å². The van der Waals surface area contributed by atoms with E-state index in [1.807, 2.05) is 0 Å². The van der Waals surface area contributed by atoms with Gasteiger partial charge >= 0.3 is 0 Å². The van der Waals surface area contributed by atoms with Crippen molar-refractivity contribution in [1.82, 2.24) is 9.97 Å². The molecular formula is C9H8N2O2. The molecule has 0 aliphatic heterocycles. The Bertz CT molecular complexity index is 448. The van der Waals surface area contributed by atoms with Crippen molar-refractivity contribution in [3.8, 4) is 5.88 Å². The predicted molar refractivity (Wildman–Crippen MR) is 48.0 cm³/mol. The number of carbonyl (C=O) groups excluding carboxylic acids is 1. The maximum Gasteiger partial charge on any atom is 0.222 e. The topological polar surface area (TPSA) is 55.0 Å². The van der Waals surface area contributed by atoms with Gasteiger partial charge < -0.3 is 9.72 Å².